The van der Waals surface area contributed by atoms with Crippen molar-refractivity contribution in [2.24, 2.45) is 0 Å². The fourth-order valence-electron chi connectivity index (χ4n) is 1.45. The molecule has 1 aliphatic rings. The summed E-state index contributed by atoms with van der Waals surface area (Å²) >= 11 is 0. The molecule has 1 rings (SSSR count). The summed E-state index contributed by atoms with van der Waals surface area (Å²) in [6.07, 6.45) is -3.16. The molecule has 0 unspecified atom stereocenters. The average Bonchev–Trinajstić information content (AvgIpc) is 2.55. The van der Waals surface area contributed by atoms with E-state index in [4.69, 9.17) is 9.47 Å². The Bertz CT molecular complexity index is 228. The number of hydrogen-bond acceptors (Lipinski definition) is 5. The minimum Gasteiger partial charge on any atom is -0.387 e. The van der Waals surface area contributed by atoms with Gasteiger partial charge in [0.05, 0.1) is 6.61 Å². The van der Waals surface area contributed by atoms with Gasteiger partial charge in [0.15, 0.2) is 5.79 Å². The smallest absolute Gasteiger partial charge is 0.163 e. The first-order valence-corrected chi connectivity index (χ1v) is 4.86. The minimum atomic E-state index is -1.31. The zero-order valence-electron chi connectivity index (χ0n) is 8.96. The number of hydrogen-bond donors (Lipinski definition) is 3. The van der Waals surface area contributed by atoms with Crippen LogP contribution in [0.1, 0.15) is 13.8 Å². The number of aliphatic hydroxyl groups excluding tert-OH is 3. The largest absolute Gasteiger partial charge is 0.387 e. The molecule has 0 saturated carbocycles. The lowest BCUT2D eigenvalue weighted by molar-refractivity contribution is -0.165. The van der Waals surface area contributed by atoms with Gasteiger partial charge in [-0.15, -0.1) is 6.58 Å². The van der Waals surface area contributed by atoms with Crippen LogP contribution in [0.4, 0.5) is 0 Å². The van der Waals surface area contributed by atoms with Gasteiger partial charge in [-0.25, -0.2) is 0 Å². The summed E-state index contributed by atoms with van der Waals surface area (Å²) in [6, 6.07) is 0. The summed E-state index contributed by atoms with van der Waals surface area (Å²) in [7, 11) is 0. The molecule has 1 heterocycles. The topological polar surface area (TPSA) is 79.2 Å². The maximum atomic E-state index is 9.69. The quantitative estimate of drug-likeness (QED) is 0.549. The van der Waals surface area contributed by atoms with Gasteiger partial charge in [0, 0.05) is 0 Å². The van der Waals surface area contributed by atoms with Crippen LogP contribution in [-0.2, 0) is 9.47 Å². The third-order valence-corrected chi connectivity index (χ3v) is 2.35. The van der Waals surface area contributed by atoms with Gasteiger partial charge < -0.3 is 24.8 Å². The van der Waals surface area contributed by atoms with E-state index in [2.05, 4.69) is 6.58 Å². The normalized spacial score (nSPS) is 30.9. The maximum Gasteiger partial charge on any atom is 0.163 e. The Labute approximate surface area is 88.9 Å². The van der Waals surface area contributed by atoms with Crippen LogP contribution in [0.3, 0.4) is 0 Å². The van der Waals surface area contributed by atoms with Gasteiger partial charge in [-0.1, -0.05) is 6.08 Å². The lowest BCUT2D eigenvalue weighted by Gasteiger charge is -2.25. The molecular weight excluding hydrogens is 200 g/mol. The molecule has 1 fully saturated rings. The van der Waals surface area contributed by atoms with E-state index < -0.39 is 30.2 Å². The highest BCUT2D eigenvalue weighted by atomic mass is 16.7. The Morgan fingerprint density at radius 3 is 2.40 bits per heavy atom. The van der Waals surface area contributed by atoms with E-state index in [1.165, 1.54) is 0 Å². The van der Waals surface area contributed by atoms with Crippen LogP contribution in [0.2, 0.25) is 0 Å². The SMILES string of the molecule is C=C[C@H](O)[C@@H](O)[C@H](O)[C@H]1COC(C)(C)O1. The van der Waals surface area contributed by atoms with Crippen molar-refractivity contribution in [3.8, 4) is 0 Å². The molecule has 0 aromatic heterocycles. The summed E-state index contributed by atoms with van der Waals surface area (Å²) in [5.41, 5.74) is 0. The zero-order valence-corrected chi connectivity index (χ0v) is 8.96. The van der Waals surface area contributed by atoms with E-state index in [1.54, 1.807) is 13.8 Å². The van der Waals surface area contributed by atoms with Gasteiger partial charge in [-0.05, 0) is 13.8 Å². The van der Waals surface area contributed by atoms with Gasteiger partial charge in [-0.3, -0.25) is 0 Å². The molecule has 5 nitrogen and oxygen atoms in total. The Morgan fingerprint density at radius 1 is 1.40 bits per heavy atom. The van der Waals surface area contributed by atoms with Gasteiger partial charge in [0.2, 0.25) is 0 Å². The van der Waals surface area contributed by atoms with Crippen molar-refractivity contribution < 1.29 is 24.8 Å². The van der Waals surface area contributed by atoms with Crippen LogP contribution in [0.25, 0.3) is 0 Å². The Morgan fingerprint density at radius 2 is 2.00 bits per heavy atom. The van der Waals surface area contributed by atoms with Crippen molar-refractivity contribution in [1.29, 1.82) is 0 Å². The van der Waals surface area contributed by atoms with E-state index in [1.807, 2.05) is 0 Å². The van der Waals surface area contributed by atoms with Crippen molar-refractivity contribution in [3.05, 3.63) is 12.7 Å². The van der Waals surface area contributed by atoms with E-state index in [-0.39, 0.29) is 6.61 Å². The summed E-state index contributed by atoms with van der Waals surface area (Å²) in [5, 5.41) is 28.5. The van der Waals surface area contributed by atoms with Crippen molar-refractivity contribution in [1.82, 2.24) is 0 Å². The van der Waals surface area contributed by atoms with Gasteiger partial charge >= 0.3 is 0 Å². The molecule has 1 aliphatic heterocycles. The van der Waals surface area contributed by atoms with Crippen molar-refractivity contribution in [2.45, 2.75) is 44.1 Å². The van der Waals surface area contributed by atoms with E-state index in [9.17, 15) is 15.3 Å². The number of rotatable bonds is 4. The van der Waals surface area contributed by atoms with Crippen LogP contribution in [-0.4, -0.2) is 52.1 Å². The second kappa shape index (κ2) is 4.59. The van der Waals surface area contributed by atoms with Gasteiger partial charge in [0.25, 0.3) is 0 Å². The Balaban J connectivity index is 2.54. The Kier molecular flexibility index (Phi) is 3.86. The van der Waals surface area contributed by atoms with E-state index in [0.717, 1.165) is 6.08 Å². The standard InChI is InChI=1S/C10H18O5/c1-4-6(11)8(12)9(13)7-5-14-10(2,3)15-7/h4,6-9,11-13H,1,5H2,2-3H3/t6-,7+,8+,9+/m0/s1. The molecule has 0 aromatic carbocycles. The lowest BCUT2D eigenvalue weighted by Crippen LogP contribution is -2.45. The molecule has 0 radical (unpaired) electrons. The van der Waals surface area contributed by atoms with Crippen LogP contribution < -0.4 is 0 Å². The molecule has 1 saturated heterocycles. The van der Waals surface area contributed by atoms with Gasteiger partial charge in [0.1, 0.15) is 24.4 Å². The van der Waals surface area contributed by atoms with Gasteiger partial charge in [-0.2, -0.15) is 0 Å². The first-order valence-electron chi connectivity index (χ1n) is 4.86. The fourth-order valence-corrected chi connectivity index (χ4v) is 1.45. The highest BCUT2D eigenvalue weighted by molar-refractivity contribution is 4.92. The molecule has 0 aromatic rings. The van der Waals surface area contributed by atoms with Crippen LogP contribution in [0.15, 0.2) is 12.7 Å². The summed E-state index contributed by atoms with van der Waals surface area (Å²) in [4.78, 5) is 0. The van der Waals surface area contributed by atoms with Crippen LogP contribution in [0.5, 0.6) is 0 Å². The molecule has 15 heavy (non-hydrogen) atoms. The summed E-state index contributed by atoms with van der Waals surface area (Å²) in [5.74, 6) is -0.759. The van der Waals surface area contributed by atoms with Crippen molar-refractivity contribution in [2.75, 3.05) is 6.61 Å². The predicted molar refractivity (Wildman–Crippen MR) is 53.1 cm³/mol. The molecule has 0 aliphatic carbocycles. The molecule has 0 spiro atoms. The molecule has 0 bridgehead atoms. The van der Waals surface area contributed by atoms with E-state index >= 15 is 0 Å². The fraction of sp³-hybridized carbons (Fsp3) is 0.800. The highest BCUT2D eigenvalue weighted by Crippen LogP contribution is 2.25. The number of ether oxygens (including phenoxy) is 2. The van der Waals surface area contributed by atoms with Crippen molar-refractivity contribution >= 4 is 0 Å². The molecule has 5 heteroatoms. The van der Waals surface area contributed by atoms with Crippen molar-refractivity contribution in [3.63, 3.8) is 0 Å². The summed E-state index contributed by atoms with van der Waals surface area (Å²) in [6.45, 7) is 6.95. The molecule has 3 N–H and O–H groups in total. The molecular formula is C10H18O5. The lowest BCUT2D eigenvalue weighted by atomic mass is 10.0. The van der Waals surface area contributed by atoms with Crippen LogP contribution >= 0.6 is 0 Å². The second-order valence-corrected chi connectivity index (χ2v) is 4.07. The monoisotopic (exact) mass is 218 g/mol. The number of aliphatic hydroxyl groups is 3. The first-order chi connectivity index (χ1) is 6.87. The highest BCUT2D eigenvalue weighted by Gasteiger charge is 2.40. The first kappa shape index (κ1) is 12.6. The molecule has 4 atom stereocenters. The third kappa shape index (κ3) is 2.99. The average molecular weight is 218 g/mol. The van der Waals surface area contributed by atoms with Crippen LogP contribution in [0, 0.1) is 0 Å². The molecule has 0 amide bonds. The minimum absolute atomic E-state index is 0.190. The maximum absolute atomic E-state index is 9.69. The zero-order chi connectivity index (χ0) is 11.6. The molecule has 88 valence electrons. The van der Waals surface area contributed by atoms with E-state index in [0.29, 0.717) is 0 Å². The second-order valence-electron chi connectivity index (χ2n) is 4.07. The third-order valence-electron chi connectivity index (χ3n) is 2.35. The Hall–Kier alpha value is -0.460. The summed E-state index contributed by atoms with van der Waals surface area (Å²) < 4.78 is 10.6. The predicted octanol–water partition coefficient (Wildman–Crippen LogP) is -0.593.